The molecule has 0 aromatic carbocycles. The Morgan fingerprint density at radius 3 is 2.48 bits per heavy atom. The zero-order valence-electron chi connectivity index (χ0n) is 14.9. The summed E-state index contributed by atoms with van der Waals surface area (Å²) in [4.78, 5) is 35.5. The number of hydrogen-bond acceptors (Lipinski definition) is 6. The van der Waals surface area contributed by atoms with E-state index in [0.29, 0.717) is 0 Å². The van der Waals surface area contributed by atoms with Gasteiger partial charge in [-0.05, 0) is 34.6 Å². The topological polar surface area (TPSA) is 96.8 Å². The van der Waals surface area contributed by atoms with Crippen molar-refractivity contribution >= 4 is 8.53 Å². The Morgan fingerprint density at radius 1 is 1.36 bits per heavy atom. The third kappa shape index (κ3) is 4.35. The van der Waals surface area contributed by atoms with Gasteiger partial charge in [0.1, 0.15) is 6.10 Å². The third-order valence-electron chi connectivity index (χ3n) is 4.00. The van der Waals surface area contributed by atoms with Gasteiger partial charge in [0.05, 0.1) is 6.10 Å². The zero-order valence-corrected chi connectivity index (χ0v) is 15.8. The molecule has 2 N–H and O–H groups in total. The molecule has 1 saturated heterocycles. The van der Waals surface area contributed by atoms with E-state index in [-0.39, 0.29) is 12.1 Å². The van der Waals surface area contributed by atoms with Crippen LogP contribution < -0.4 is 11.2 Å². The van der Waals surface area contributed by atoms with Gasteiger partial charge in [-0.1, -0.05) is 0 Å². The lowest BCUT2D eigenvalue weighted by atomic mass is 10.2. The molecule has 1 fully saturated rings. The fraction of sp³-hybridized carbons (Fsp3) is 0.733. The number of H-pyrrole nitrogens is 1. The molecule has 25 heavy (non-hydrogen) atoms. The first kappa shape index (κ1) is 20.2. The van der Waals surface area contributed by atoms with Gasteiger partial charge in [0, 0.05) is 24.3 Å². The number of alkyl halides is 1. The number of halogens is 1. The smallest absolute Gasteiger partial charge is 0.330 e. The van der Waals surface area contributed by atoms with Crippen molar-refractivity contribution < 1.29 is 18.5 Å². The Labute approximate surface area is 146 Å². The molecular formula is C15H25FN3O5P. The fourth-order valence-electron chi connectivity index (χ4n) is 2.94. The van der Waals surface area contributed by atoms with E-state index in [2.05, 4.69) is 4.98 Å². The van der Waals surface area contributed by atoms with Gasteiger partial charge >= 0.3 is 5.69 Å². The van der Waals surface area contributed by atoms with E-state index in [9.17, 15) is 18.9 Å². The average molecular weight is 377 g/mol. The van der Waals surface area contributed by atoms with Crippen molar-refractivity contribution in [1.82, 2.24) is 14.2 Å². The van der Waals surface area contributed by atoms with Crippen LogP contribution >= 0.6 is 8.53 Å². The molecule has 8 nitrogen and oxygen atoms in total. The lowest BCUT2D eigenvalue weighted by molar-refractivity contribution is -0.0178. The number of aromatic nitrogens is 2. The van der Waals surface area contributed by atoms with Gasteiger partial charge in [-0.25, -0.2) is 13.9 Å². The van der Waals surface area contributed by atoms with Gasteiger partial charge < -0.3 is 14.2 Å². The Hall–Kier alpha value is -1.12. The minimum atomic E-state index is -2.02. The van der Waals surface area contributed by atoms with Crippen molar-refractivity contribution in [2.24, 2.45) is 0 Å². The normalized spacial score (nSPS) is 28.2. The molecule has 142 valence electrons. The predicted octanol–water partition coefficient (Wildman–Crippen LogP) is 1.52. The van der Waals surface area contributed by atoms with Crippen LogP contribution in [0.15, 0.2) is 21.9 Å². The number of nitrogens with one attached hydrogen (secondary N) is 1. The molecule has 5 atom stereocenters. The van der Waals surface area contributed by atoms with E-state index in [0.717, 1.165) is 10.6 Å². The minimum absolute atomic E-state index is 0.0180. The van der Waals surface area contributed by atoms with E-state index in [4.69, 9.17) is 9.26 Å². The molecule has 0 spiro atoms. The number of rotatable bonds is 6. The van der Waals surface area contributed by atoms with Crippen molar-refractivity contribution in [3.63, 3.8) is 0 Å². The van der Waals surface area contributed by atoms with Gasteiger partial charge in [-0.15, -0.1) is 0 Å². The van der Waals surface area contributed by atoms with Crippen molar-refractivity contribution in [2.75, 3.05) is 0 Å². The van der Waals surface area contributed by atoms with Crippen molar-refractivity contribution in [1.29, 1.82) is 0 Å². The van der Waals surface area contributed by atoms with Gasteiger partial charge in [0.15, 0.2) is 12.4 Å². The molecule has 1 aromatic rings. The van der Waals surface area contributed by atoms with Gasteiger partial charge in [-0.3, -0.25) is 14.3 Å². The first-order valence-electron chi connectivity index (χ1n) is 8.18. The monoisotopic (exact) mass is 377 g/mol. The number of ether oxygens (including phenoxy) is 1. The highest BCUT2D eigenvalue weighted by Gasteiger charge is 2.47. The largest absolute Gasteiger partial charge is 0.349 e. The fourth-order valence-corrected chi connectivity index (χ4v) is 4.34. The highest BCUT2D eigenvalue weighted by molar-refractivity contribution is 7.43. The molecule has 0 bridgehead atoms. The maximum atomic E-state index is 14.9. The highest BCUT2D eigenvalue weighted by atomic mass is 31.2. The van der Waals surface area contributed by atoms with Crippen LogP contribution in [0.1, 0.15) is 40.8 Å². The summed E-state index contributed by atoms with van der Waals surface area (Å²) in [5.74, 6) is 0. The highest BCUT2D eigenvalue weighted by Crippen LogP contribution is 2.46. The Kier molecular flexibility index (Phi) is 6.51. The standard InChI is InChI=1S/C15H25FN3O5P/c1-8(2)19(9(3)4)25(22)24-13-10(5)23-14(12(13)16)18-7-6-11(20)17-15(18)21/h6-10,12-14,22H,1-5H3,(H,17,20,21). The SMILES string of the molecule is CC1OC(n2ccc(=O)[nH]c2=O)C(F)C1OP(O)N(C(C)C)C(C)C. The summed E-state index contributed by atoms with van der Waals surface area (Å²) in [6.07, 6.45) is -3.41. The molecule has 0 radical (unpaired) electrons. The second-order valence-corrected chi connectivity index (χ2v) is 7.76. The number of aromatic amines is 1. The first-order chi connectivity index (χ1) is 11.6. The van der Waals surface area contributed by atoms with Gasteiger partial charge in [0.2, 0.25) is 0 Å². The van der Waals surface area contributed by atoms with Crippen molar-refractivity contribution in [2.45, 2.75) is 71.3 Å². The van der Waals surface area contributed by atoms with E-state index < -0.39 is 44.4 Å². The molecule has 2 rings (SSSR count). The van der Waals surface area contributed by atoms with E-state index >= 15 is 0 Å². The minimum Gasteiger partial charge on any atom is -0.349 e. The molecule has 0 amide bonds. The molecule has 2 heterocycles. The summed E-state index contributed by atoms with van der Waals surface area (Å²) < 4.78 is 28.7. The molecular weight excluding hydrogens is 352 g/mol. The molecule has 1 aliphatic heterocycles. The Balaban J connectivity index is 2.18. The maximum absolute atomic E-state index is 14.9. The van der Waals surface area contributed by atoms with E-state index in [1.807, 2.05) is 27.7 Å². The van der Waals surface area contributed by atoms with Crippen LogP contribution in [0, 0.1) is 0 Å². The van der Waals surface area contributed by atoms with Crippen LogP contribution in [0.4, 0.5) is 4.39 Å². The van der Waals surface area contributed by atoms with E-state index in [1.165, 1.54) is 6.20 Å². The maximum Gasteiger partial charge on any atom is 0.330 e. The molecule has 10 heteroatoms. The lowest BCUT2D eigenvalue weighted by Gasteiger charge is -2.34. The summed E-state index contributed by atoms with van der Waals surface area (Å²) in [5, 5.41) is 0. The van der Waals surface area contributed by atoms with E-state index in [1.54, 1.807) is 11.6 Å². The van der Waals surface area contributed by atoms with Crippen LogP contribution in [0.25, 0.3) is 0 Å². The third-order valence-corrected chi connectivity index (χ3v) is 5.75. The molecule has 0 saturated carbocycles. The zero-order chi connectivity index (χ0) is 18.9. The molecule has 0 aliphatic carbocycles. The van der Waals surface area contributed by atoms with Crippen LogP contribution in [-0.4, -0.2) is 49.6 Å². The average Bonchev–Trinajstić information content (AvgIpc) is 2.74. The summed E-state index contributed by atoms with van der Waals surface area (Å²) in [5.41, 5.74) is -1.33. The number of hydrogen-bond donors (Lipinski definition) is 2. The summed E-state index contributed by atoms with van der Waals surface area (Å²) in [7, 11) is -2.02. The van der Waals surface area contributed by atoms with Gasteiger partial charge in [0.25, 0.3) is 14.1 Å². The molecule has 1 aliphatic rings. The second-order valence-electron chi connectivity index (χ2n) is 6.58. The quantitative estimate of drug-likeness (QED) is 0.730. The first-order valence-corrected chi connectivity index (χ1v) is 9.35. The van der Waals surface area contributed by atoms with Gasteiger partial charge in [-0.2, -0.15) is 0 Å². The predicted molar refractivity (Wildman–Crippen MR) is 91.9 cm³/mol. The lowest BCUT2D eigenvalue weighted by Crippen LogP contribution is -2.38. The Bertz CT molecular complexity index is 686. The summed E-state index contributed by atoms with van der Waals surface area (Å²) in [6.45, 7) is 9.28. The van der Waals surface area contributed by atoms with Crippen molar-refractivity contribution in [3.05, 3.63) is 33.1 Å². The number of nitrogens with zero attached hydrogens (tertiary/aromatic N) is 2. The van der Waals surface area contributed by atoms with Crippen LogP contribution in [0.5, 0.6) is 0 Å². The van der Waals surface area contributed by atoms with Crippen molar-refractivity contribution in [3.8, 4) is 0 Å². The molecule has 5 unspecified atom stereocenters. The summed E-state index contributed by atoms with van der Waals surface area (Å²) >= 11 is 0. The summed E-state index contributed by atoms with van der Waals surface area (Å²) in [6, 6.07) is 1.16. The van der Waals surface area contributed by atoms with Crippen LogP contribution in [-0.2, 0) is 9.26 Å². The molecule has 1 aromatic heterocycles. The van der Waals surface area contributed by atoms with Crippen LogP contribution in [0.2, 0.25) is 0 Å². The second kappa shape index (κ2) is 8.05. The Morgan fingerprint density at radius 2 is 1.96 bits per heavy atom. The van der Waals surface area contributed by atoms with Crippen LogP contribution in [0.3, 0.4) is 0 Å².